The van der Waals surface area contributed by atoms with Crippen molar-refractivity contribution in [1.29, 1.82) is 0 Å². The molecule has 136 valence electrons. The van der Waals surface area contributed by atoms with E-state index in [1.807, 2.05) is 0 Å². The van der Waals surface area contributed by atoms with Crippen molar-refractivity contribution in [3.05, 3.63) is 129 Å². The molecule has 0 atom stereocenters. The van der Waals surface area contributed by atoms with Crippen LogP contribution >= 0.6 is 0 Å². The highest BCUT2D eigenvalue weighted by atomic mass is 28.2. The fraction of sp³-hybridized carbons (Fsp3) is 0.111. The van der Waals surface area contributed by atoms with E-state index in [2.05, 4.69) is 99.6 Å². The molecule has 0 amide bonds. The Bertz CT molecular complexity index is 1120. The monoisotopic (exact) mass is 376 g/mol. The summed E-state index contributed by atoms with van der Waals surface area (Å²) < 4.78 is 0. The summed E-state index contributed by atoms with van der Waals surface area (Å²) in [5.41, 5.74) is 16.1. The van der Waals surface area contributed by atoms with Crippen molar-refractivity contribution in [3.63, 3.8) is 0 Å². The Morgan fingerprint density at radius 3 is 1.64 bits per heavy atom. The molecular weight excluding hydrogens is 352 g/mol. The largest absolute Gasteiger partial charge is 0.0622 e. The first-order valence-electron chi connectivity index (χ1n) is 10.0. The van der Waals surface area contributed by atoms with Crippen LogP contribution in [-0.4, -0.2) is 9.52 Å². The molecule has 0 nitrogen and oxygen atoms in total. The van der Waals surface area contributed by atoms with Gasteiger partial charge in [-0.25, -0.2) is 0 Å². The van der Waals surface area contributed by atoms with E-state index in [0.717, 1.165) is 0 Å². The van der Waals surface area contributed by atoms with E-state index in [1.165, 1.54) is 50.1 Å². The maximum absolute atomic E-state index is 2.33. The molecular formula is C27H24Si. The molecule has 0 saturated carbocycles. The zero-order valence-electron chi connectivity index (χ0n) is 16.7. The van der Waals surface area contributed by atoms with Crippen LogP contribution in [0.5, 0.6) is 0 Å². The highest BCUT2D eigenvalue weighted by molar-refractivity contribution is 6.57. The molecule has 0 unspecified atom stereocenters. The number of hydrogen-bond donors (Lipinski definition) is 0. The second-order valence-corrected chi connectivity index (χ2v) is 9.61. The summed E-state index contributed by atoms with van der Waals surface area (Å²) in [4.78, 5) is 0. The topological polar surface area (TPSA) is 0 Å². The average Bonchev–Trinajstić information content (AvgIpc) is 3.15. The Balaban J connectivity index is 1.61. The molecule has 0 spiro atoms. The molecule has 0 saturated heterocycles. The summed E-state index contributed by atoms with van der Waals surface area (Å²) in [6, 6.07) is 28.8. The van der Waals surface area contributed by atoms with E-state index in [9.17, 15) is 0 Å². The molecule has 28 heavy (non-hydrogen) atoms. The molecule has 0 fully saturated rings. The van der Waals surface area contributed by atoms with E-state index in [1.54, 1.807) is 11.1 Å². The molecule has 2 radical (unpaired) electrons. The molecule has 0 bridgehead atoms. The van der Waals surface area contributed by atoms with Crippen molar-refractivity contribution in [2.45, 2.75) is 20.8 Å². The third kappa shape index (κ3) is 2.57. The second kappa shape index (κ2) is 6.75. The summed E-state index contributed by atoms with van der Waals surface area (Å²) in [6.07, 6.45) is 0. The second-order valence-electron chi connectivity index (χ2n) is 7.84. The van der Waals surface area contributed by atoms with E-state index in [4.69, 9.17) is 0 Å². The smallest absolute Gasteiger partial charge is 0.0575 e. The van der Waals surface area contributed by atoms with Gasteiger partial charge in [0.05, 0.1) is 9.52 Å². The highest BCUT2D eigenvalue weighted by Gasteiger charge is 2.35. The Morgan fingerprint density at radius 2 is 0.964 bits per heavy atom. The third-order valence-electron chi connectivity index (χ3n) is 6.44. The normalized spacial score (nSPS) is 17.1. The van der Waals surface area contributed by atoms with Crippen LogP contribution in [0.4, 0.5) is 0 Å². The van der Waals surface area contributed by atoms with Gasteiger partial charge in [-0.3, -0.25) is 0 Å². The molecule has 3 aromatic rings. The number of allylic oxidation sites excluding steroid dienone is 3. The zero-order chi connectivity index (χ0) is 19.3. The third-order valence-corrected chi connectivity index (χ3v) is 8.97. The first-order valence-corrected chi connectivity index (χ1v) is 11.4. The molecule has 1 heteroatoms. The van der Waals surface area contributed by atoms with Crippen molar-refractivity contribution in [1.82, 2.24) is 0 Å². The van der Waals surface area contributed by atoms with Crippen LogP contribution in [0.2, 0.25) is 0 Å². The predicted molar refractivity (Wildman–Crippen MR) is 123 cm³/mol. The lowest BCUT2D eigenvalue weighted by atomic mass is 9.98. The van der Waals surface area contributed by atoms with Crippen LogP contribution < -0.4 is 0 Å². The maximum Gasteiger partial charge on any atom is 0.0575 e. The molecule has 5 rings (SSSR count). The lowest BCUT2D eigenvalue weighted by Crippen LogP contribution is -2.18. The fourth-order valence-corrected chi connectivity index (χ4v) is 7.16. The van der Waals surface area contributed by atoms with Crippen molar-refractivity contribution >= 4 is 20.7 Å². The predicted octanol–water partition coefficient (Wildman–Crippen LogP) is 5.96. The summed E-state index contributed by atoms with van der Waals surface area (Å²) in [5.74, 6) is 0. The fourth-order valence-electron chi connectivity index (χ4n) is 4.83. The van der Waals surface area contributed by atoms with E-state index in [-0.39, 0.29) is 0 Å². The van der Waals surface area contributed by atoms with Gasteiger partial charge in [0.2, 0.25) is 0 Å². The van der Waals surface area contributed by atoms with Gasteiger partial charge in [0.25, 0.3) is 0 Å². The van der Waals surface area contributed by atoms with Crippen molar-refractivity contribution in [2.24, 2.45) is 0 Å². The molecule has 2 aliphatic carbocycles. The van der Waals surface area contributed by atoms with Crippen LogP contribution in [0.15, 0.2) is 90.0 Å². The molecule has 0 aromatic heterocycles. The van der Waals surface area contributed by atoms with Gasteiger partial charge in [-0.15, -0.1) is 0 Å². The van der Waals surface area contributed by atoms with Crippen molar-refractivity contribution < 1.29 is 0 Å². The molecule has 0 aliphatic heterocycles. The molecule has 2 aliphatic rings. The quantitative estimate of drug-likeness (QED) is 0.495. The SMILES string of the molecule is CC1=C(C)c2ccccc2[C]1[SiH2][C]1C(C)=C(c2ccccc2)c2ccccc21. The minimum Gasteiger partial charge on any atom is -0.0622 e. The lowest BCUT2D eigenvalue weighted by molar-refractivity contribution is 1.31. The summed E-state index contributed by atoms with van der Waals surface area (Å²) in [6.45, 7) is 6.93. The van der Waals surface area contributed by atoms with Crippen LogP contribution in [0.25, 0.3) is 11.1 Å². The average molecular weight is 377 g/mol. The van der Waals surface area contributed by atoms with Gasteiger partial charge >= 0.3 is 0 Å². The summed E-state index contributed by atoms with van der Waals surface area (Å²) in [5, 5.41) is 0. The van der Waals surface area contributed by atoms with Gasteiger partial charge < -0.3 is 0 Å². The minimum absolute atomic E-state index is 0.599. The van der Waals surface area contributed by atoms with Gasteiger partial charge in [0.1, 0.15) is 0 Å². The van der Waals surface area contributed by atoms with Gasteiger partial charge in [0.15, 0.2) is 0 Å². The van der Waals surface area contributed by atoms with Gasteiger partial charge in [-0.2, -0.15) is 0 Å². The first-order chi connectivity index (χ1) is 13.7. The van der Waals surface area contributed by atoms with E-state index < -0.39 is 9.52 Å². The van der Waals surface area contributed by atoms with Crippen LogP contribution in [0.1, 0.15) is 48.6 Å². The van der Waals surface area contributed by atoms with Gasteiger partial charge in [-0.05, 0) is 59.7 Å². The molecule has 0 heterocycles. The van der Waals surface area contributed by atoms with Crippen LogP contribution in [-0.2, 0) is 0 Å². The molecule has 0 N–H and O–H groups in total. The molecule has 3 aromatic carbocycles. The number of fused-ring (bicyclic) bond motifs is 2. The van der Waals surface area contributed by atoms with Gasteiger partial charge in [-0.1, -0.05) is 90.0 Å². The van der Waals surface area contributed by atoms with Crippen LogP contribution in [0.3, 0.4) is 0 Å². The highest BCUT2D eigenvalue weighted by Crippen LogP contribution is 2.48. The number of benzene rings is 3. The van der Waals surface area contributed by atoms with Crippen LogP contribution in [0, 0.1) is 11.1 Å². The standard InChI is InChI=1S/C27H24Si/c1-17-18(2)26(23-15-9-7-13-21(17)23)28-27-19(3)25(20-11-5-4-6-12-20)22-14-8-10-16-24(22)27/h4-16H,28H2,1-3H3. The van der Waals surface area contributed by atoms with E-state index >= 15 is 0 Å². The zero-order valence-corrected chi connectivity index (χ0v) is 18.1. The number of hydrogen-bond acceptors (Lipinski definition) is 0. The first kappa shape index (κ1) is 17.5. The van der Waals surface area contributed by atoms with Crippen molar-refractivity contribution in [3.8, 4) is 0 Å². The lowest BCUT2D eigenvalue weighted by Gasteiger charge is -2.20. The summed E-state index contributed by atoms with van der Waals surface area (Å²) >= 11 is 0. The Labute approximate surface area is 170 Å². The Hall–Kier alpha value is -2.64. The maximum atomic E-state index is 2.33. The van der Waals surface area contributed by atoms with Crippen molar-refractivity contribution in [2.75, 3.05) is 0 Å². The minimum atomic E-state index is -0.599. The Kier molecular flexibility index (Phi) is 4.21. The summed E-state index contributed by atoms with van der Waals surface area (Å²) in [7, 11) is -0.599. The number of rotatable bonds is 3. The Morgan fingerprint density at radius 1 is 0.464 bits per heavy atom. The van der Waals surface area contributed by atoms with E-state index in [0.29, 0.717) is 0 Å². The van der Waals surface area contributed by atoms with Gasteiger partial charge in [0, 0.05) is 11.1 Å².